The molecule has 6 aromatic heterocycles. The van der Waals surface area contributed by atoms with E-state index in [0.717, 1.165) is 31.8 Å². The zero-order chi connectivity index (χ0) is 32.0. The molecule has 0 aliphatic carbocycles. The van der Waals surface area contributed by atoms with Crippen molar-refractivity contribution in [2.24, 2.45) is 0 Å². The van der Waals surface area contributed by atoms with Gasteiger partial charge in [0.25, 0.3) is 12.0 Å². The third-order valence-electron chi connectivity index (χ3n) is 6.60. The molecule has 230 valence electrons. The molecule has 1 aliphatic rings. The van der Waals surface area contributed by atoms with E-state index < -0.39 is 30.3 Å². The number of nitrogens with zero attached hydrogens (tertiary/aromatic N) is 4. The van der Waals surface area contributed by atoms with Crippen LogP contribution >= 0.6 is 100 Å². The summed E-state index contributed by atoms with van der Waals surface area (Å²) in [7, 11) is -0.625. The van der Waals surface area contributed by atoms with E-state index in [1.807, 2.05) is 27.7 Å². The molecule has 1 aliphatic heterocycles. The van der Waals surface area contributed by atoms with E-state index in [2.05, 4.69) is 74.4 Å². The van der Waals surface area contributed by atoms with Gasteiger partial charge in [0.1, 0.15) is 44.0 Å². The van der Waals surface area contributed by atoms with Gasteiger partial charge >= 0.3 is 7.12 Å². The van der Waals surface area contributed by atoms with Crippen LogP contribution in [0.3, 0.4) is 0 Å². The SMILES string of the molecule is CC1(C)OB(c2ccc(F)o2)OC1(C)C.Clc1ncnc2sc(I)c(Br)c12.Fc1ccc(-c2sc3ncnc(Cl)c3c2Br)o1. The van der Waals surface area contributed by atoms with Crippen LogP contribution in [0.15, 0.2) is 54.7 Å². The predicted octanol–water partition coefficient (Wildman–Crippen LogP) is 9.94. The van der Waals surface area contributed by atoms with Crippen LogP contribution in [0.4, 0.5) is 8.78 Å². The van der Waals surface area contributed by atoms with Crippen LogP contribution in [0.1, 0.15) is 27.7 Å². The Morgan fingerprint density at radius 2 is 1.30 bits per heavy atom. The van der Waals surface area contributed by atoms with Crippen molar-refractivity contribution in [2.45, 2.75) is 38.9 Å². The van der Waals surface area contributed by atoms with Crippen molar-refractivity contribution in [1.82, 2.24) is 19.9 Å². The van der Waals surface area contributed by atoms with E-state index in [1.54, 1.807) is 17.4 Å². The number of hydrogen-bond donors (Lipinski definition) is 0. The summed E-state index contributed by atoms with van der Waals surface area (Å²) in [4.78, 5) is 18.4. The molecule has 0 spiro atoms. The Labute approximate surface area is 298 Å². The first-order valence-corrected chi connectivity index (χ1v) is 17.4. The first kappa shape index (κ1) is 34.1. The quantitative estimate of drug-likeness (QED) is 0.0963. The summed E-state index contributed by atoms with van der Waals surface area (Å²) in [5.41, 5.74) is -0.492. The molecule has 0 N–H and O–H groups in total. The second kappa shape index (κ2) is 13.5. The van der Waals surface area contributed by atoms with Crippen LogP contribution in [-0.4, -0.2) is 38.3 Å². The van der Waals surface area contributed by atoms with Gasteiger partial charge in [0.15, 0.2) is 0 Å². The Balaban J connectivity index is 0.000000133. The molecule has 7 rings (SSSR count). The highest BCUT2D eigenvalue weighted by Crippen LogP contribution is 2.44. The van der Waals surface area contributed by atoms with E-state index in [9.17, 15) is 8.78 Å². The molecule has 1 fully saturated rings. The summed E-state index contributed by atoms with van der Waals surface area (Å²) in [6, 6.07) is 4.35. The minimum absolute atomic E-state index is 0.358. The molecule has 0 unspecified atom stereocenters. The highest BCUT2D eigenvalue weighted by atomic mass is 127. The summed E-state index contributed by atoms with van der Waals surface area (Å²) in [5, 5.41) is 2.49. The normalized spacial score (nSPS) is 15.3. The summed E-state index contributed by atoms with van der Waals surface area (Å²) in [6.45, 7) is 7.75. The van der Waals surface area contributed by atoms with Gasteiger partial charge in [-0.25, -0.2) is 19.9 Å². The number of hydrogen-bond acceptors (Lipinski definition) is 10. The second-order valence-electron chi connectivity index (χ2n) is 9.96. The summed E-state index contributed by atoms with van der Waals surface area (Å²) < 4.78 is 49.5. The molecule has 0 bridgehead atoms. The van der Waals surface area contributed by atoms with Crippen LogP contribution < -0.4 is 5.66 Å². The van der Waals surface area contributed by atoms with Crippen LogP contribution in [0.5, 0.6) is 0 Å². The average Bonchev–Trinajstić information content (AvgIpc) is 3.74. The third kappa shape index (κ3) is 7.02. The molecule has 8 nitrogen and oxygen atoms in total. The number of halogens is 7. The zero-order valence-corrected chi connectivity index (χ0v) is 31.4. The highest BCUT2D eigenvalue weighted by Gasteiger charge is 2.53. The third-order valence-corrected chi connectivity index (χ3v) is 13.2. The lowest BCUT2D eigenvalue weighted by atomic mass is 9.86. The van der Waals surface area contributed by atoms with Gasteiger partial charge in [0, 0.05) is 12.1 Å². The van der Waals surface area contributed by atoms with Crippen molar-refractivity contribution in [3.63, 3.8) is 0 Å². The molecule has 18 heteroatoms. The number of furan rings is 2. The largest absolute Gasteiger partial charge is 0.532 e. The lowest BCUT2D eigenvalue weighted by Crippen LogP contribution is -2.41. The minimum atomic E-state index is -0.625. The maximum atomic E-state index is 12.8. The Morgan fingerprint density at radius 3 is 1.77 bits per heavy atom. The van der Waals surface area contributed by atoms with Crippen LogP contribution in [0, 0.1) is 14.9 Å². The van der Waals surface area contributed by atoms with Crippen molar-refractivity contribution in [3.8, 4) is 10.6 Å². The van der Waals surface area contributed by atoms with Crippen LogP contribution in [0.25, 0.3) is 31.1 Å². The molecule has 6 aromatic rings. The molecule has 0 aromatic carbocycles. The van der Waals surface area contributed by atoms with Crippen molar-refractivity contribution < 1.29 is 26.9 Å². The fraction of sp³-hybridized carbons (Fsp3) is 0.231. The van der Waals surface area contributed by atoms with Gasteiger partial charge in [-0.3, -0.25) is 0 Å². The topological polar surface area (TPSA) is 96.3 Å². The van der Waals surface area contributed by atoms with Gasteiger partial charge in [-0.1, -0.05) is 23.2 Å². The number of rotatable bonds is 2. The van der Waals surface area contributed by atoms with E-state index in [0.29, 0.717) is 27.1 Å². The smallest absolute Gasteiger partial charge is 0.440 e. The molecule has 0 saturated carbocycles. The van der Waals surface area contributed by atoms with E-state index in [4.69, 9.17) is 41.3 Å². The van der Waals surface area contributed by atoms with E-state index in [1.165, 1.54) is 42.2 Å². The van der Waals surface area contributed by atoms with Gasteiger partial charge in [0.05, 0.1) is 38.7 Å². The van der Waals surface area contributed by atoms with E-state index >= 15 is 0 Å². The number of aromatic nitrogens is 4. The zero-order valence-electron chi connectivity index (χ0n) is 22.9. The monoisotopic (exact) mass is 918 g/mol. The van der Waals surface area contributed by atoms with Crippen molar-refractivity contribution in [1.29, 1.82) is 0 Å². The molecular weight excluding hydrogens is 903 g/mol. The molecule has 44 heavy (non-hydrogen) atoms. The first-order chi connectivity index (χ1) is 20.7. The molecule has 7 heterocycles. The fourth-order valence-corrected chi connectivity index (χ4v) is 8.86. The van der Waals surface area contributed by atoms with Gasteiger partial charge in [-0.2, -0.15) is 8.78 Å². The van der Waals surface area contributed by atoms with Gasteiger partial charge in [-0.15, -0.1) is 22.7 Å². The molecular formula is C26H18BBr2Cl2F2IN4O4S2. The molecule has 0 atom stereocenters. The van der Waals surface area contributed by atoms with Gasteiger partial charge < -0.3 is 18.1 Å². The Bertz CT molecular complexity index is 1960. The molecule has 1 saturated heterocycles. The lowest BCUT2D eigenvalue weighted by molar-refractivity contribution is 0.00578. The maximum Gasteiger partial charge on any atom is 0.532 e. The van der Waals surface area contributed by atoms with E-state index in [-0.39, 0.29) is 0 Å². The second-order valence-corrected chi connectivity index (χ2v) is 16.1. The minimum Gasteiger partial charge on any atom is -0.440 e. The number of thiophene rings is 2. The maximum absolute atomic E-state index is 12.8. The summed E-state index contributed by atoms with van der Waals surface area (Å²) in [6.07, 6.45) is 2.86. The van der Waals surface area contributed by atoms with Crippen LogP contribution in [0.2, 0.25) is 10.3 Å². The average molecular weight is 921 g/mol. The van der Waals surface area contributed by atoms with Gasteiger partial charge in [-0.05, 0) is 94.3 Å². The summed E-state index contributed by atoms with van der Waals surface area (Å²) >= 11 is 23.9. The van der Waals surface area contributed by atoms with Crippen molar-refractivity contribution in [2.75, 3.05) is 0 Å². The van der Waals surface area contributed by atoms with Crippen molar-refractivity contribution >= 4 is 134 Å². The Kier molecular flexibility index (Phi) is 10.4. The predicted molar refractivity (Wildman–Crippen MR) is 185 cm³/mol. The lowest BCUT2D eigenvalue weighted by Gasteiger charge is -2.32. The summed E-state index contributed by atoms with van der Waals surface area (Å²) in [5.74, 6) is 0.438. The van der Waals surface area contributed by atoms with Crippen molar-refractivity contribution in [3.05, 3.63) is 71.1 Å². The highest BCUT2D eigenvalue weighted by molar-refractivity contribution is 14.1. The van der Waals surface area contributed by atoms with Crippen LogP contribution in [-0.2, 0) is 9.31 Å². The number of fused-ring (bicyclic) bond motifs is 2. The fourth-order valence-electron chi connectivity index (χ4n) is 3.71. The molecule has 0 amide bonds. The first-order valence-electron chi connectivity index (χ1n) is 12.4. The standard InChI is InChI=1S/C10H14BFO3.C10H3BrClFN2OS.C6HBrClIN2S/c1-9(2)10(3,4)15-11(14-9)7-5-6-8(12)13-7;11-7-6-9(12)14-3-15-10(6)17-8(7)4-1-2-5(13)16-4;7-3-2-4(8)10-1-11-6(2)12-5(3)9/h5-6H,1-4H3;1-3H;1H. The van der Waals surface area contributed by atoms with Gasteiger partial charge in [0.2, 0.25) is 0 Å². The Hall–Kier alpha value is -1.25. The molecule has 0 radical (unpaired) electrons. The Morgan fingerprint density at radius 1 is 0.773 bits per heavy atom.